The van der Waals surface area contributed by atoms with Gasteiger partial charge in [0.2, 0.25) is 0 Å². The van der Waals surface area contributed by atoms with Crippen LogP contribution in [0.5, 0.6) is 0 Å². The zero-order valence-electron chi connectivity index (χ0n) is 11.3. The molecule has 0 amide bonds. The van der Waals surface area contributed by atoms with Gasteiger partial charge >= 0.3 is 6.18 Å². The van der Waals surface area contributed by atoms with Crippen molar-refractivity contribution in [3.05, 3.63) is 34.9 Å². The number of aliphatic hydroxyl groups excluding tert-OH is 1. The Balaban J connectivity index is 1.94. The standard InChI is InChI=1S/C14H17ClF3NO2/c15-11-3-1-2-10(6-11)7-13(21)4-5-19(9-13)8-12(20)14(16,17)18/h1-3,6,12,20-21H,4-5,7-9H2. The summed E-state index contributed by atoms with van der Waals surface area (Å²) in [4.78, 5) is 1.43. The summed E-state index contributed by atoms with van der Waals surface area (Å²) in [6, 6.07) is 7.03. The van der Waals surface area contributed by atoms with E-state index in [1.807, 2.05) is 6.07 Å². The van der Waals surface area contributed by atoms with Gasteiger partial charge in [0.25, 0.3) is 0 Å². The Bertz CT molecular complexity index is 497. The molecule has 0 spiro atoms. The lowest BCUT2D eigenvalue weighted by Crippen LogP contribution is -2.42. The molecule has 0 bridgehead atoms. The van der Waals surface area contributed by atoms with Crippen LogP contribution in [0.15, 0.2) is 24.3 Å². The maximum Gasteiger partial charge on any atom is 0.415 e. The molecule has 1 saturated heterocycles. The zero-order chi connectivity index (χ0) is 15.7. The molecule has 0 aromatic heterocycles. The van der Waals surface area contributed by atoms with E-state index in [0.717, 1.165) is 5.56 Å². The molecule has 3 nitrogen and oxygen atoms in total. The first kappa shape index (κ1) is 16.5. The lowest BCUT2D eigenvalue weighted by molar-refractivity contribution is -0.207. The van der Waals surface area contributed by atoms with E-state index < -0.39 is 24.4 Å². The van der Waals surface area contributed by atoms with Crippen molar-refractivity contribution in [3.8, 4) is 0 Å². The number of aliphatic hydroxyl groups is 2. The van der Waals surface area contributed by atoms with E-state index in [2.05, 4.69) is 0 Å². The smallest absolute Gasteiger partial charge is 0.388 e. The number of nitrogens with zero attached hydrogens (tertiary/aromatic N) is 1. The van der Waals surface area contributed by atoms with Gasteiger partial charge in [-0.1, -0.05) is 23.7 Å². The van der Waals surface area contributed by atoms with Gasteiger partial charge in [-0.2, -0.15) is 13.2 Å². The van der Waals surface area contributed by atoms with Crippen molar-refractivity contribution in [1.82, 2.24) is 4.90 Å². The average molecular weight is 324 g/mol. The summed E-state index contributed by atoms with van der Waals surface area (Å²) >= 11 is 5.87. The number of rotatable bonds is 4. The molecule has 2 N–H and O–H groups in total. The minimum absolute atomic E-state index is 0.104. The predicted molar refractivity (Wildman–Crippen MR) is 73.2 cm³/mol. The second kappa shape index (κ2) is 6.12. The SMILES string of the molecule is OC(CN1CCC(O)(Cc2cccc(Cl)c2)C1)C(F)(F)F. The fourth-order valence-corrected chi connectivity index (χ4v) is 2.83. The van der Waals surface area contributed by atoms with Gasteiger partial charge < -0.3 is 10.2 Å². The van der Waals surface area contributed by atoms with E-state index in [1.54, 1.807) is 18.2 Å². The molecule has 2 atom stereocenters. The van der Waals surface area contributed by atoms with E-state index >= 15 is 0 Å². The van der Waals surface area contributed by atoms with Crippen LogP contribution < -0.4 is 0 Å². The van der Waals surface area contributed by atoms with E-state index in [9.17, 15) is 18.3 Å². The number of halogens is 4. The molecule has 2 unspecified atom stereocenters. The summed E-state index contributed by atoms with van der Waals surface area (Å²) in [5, 5.41) is 20.1. The largest absolute Gasteiger partial charge is 0.415 e. The zero-order valence-corrected chi connectivity index (χ0v) is 12.0. The normalized spacial score (nSPS) is 25.2. The fourth-order valence-electron chi connectivity index (χ4n) is 2.62. The van der Waals surface area contributed by atoms with E-state index in [1.165, 1.54) is 4.90 Å². The minimum atomic E-state index is -4.63. The minimum Gasteiger partial charge on any atom is -0.388 e. The van der Waals surface area contributed by atoms with Gasteiger partial charge in [0.15, 0.2) is 6.10 Å². The van der Waals surface area contributed by atoms with Crippen molar-refractivity contribution in [2.75, 3.05) is 19.6 Å². The van der Waals surface area contributed by atoms with E-state index in [4.69, 9.17) is 16.7 Å². The third kappa shape index (κ3) is 4.57. The first-order valence-corrected chi connectivity index (χ1v) is 7.00. The Morgan fingerprint density at radius 1 is 1.38 bits per heavy atom. The molecule has 1 aromatic rings. The van der Waals surface area contributed by atoms with Crippen LogP contribution in [-0.2, 0) is 6.42 Å². The third-order valence-electron chi connectivity index (χ3n) is 3.64. The molecule has 0 radical (unpaired) electrons. The van der Waals surface area contributed by atoms with Crippen molar-refractivity contribution >= 4 is 11.6 Å². The van der Waals surface area contributed by atoms with E-state index in [0.29, 0.717) is 24.4 Å². The second-order valence-electron chi connectivity index (χ2n) is 5.57. The van der Waals surface area contributed by atoms with Crippen molar-refractivity contribution in [3.63, 3.8) is 0 Å². The molecule has 118 valence electrons. The molecule has 0 aliphatic carbocycles. The molecule has 0 saturated carbocycles. The molecular formula is C14H17ClF3NO2. The lowest BCUT2D eigenvalue weighted by Gasteiger charge is -2.25. The van der Waals surface area contributed by atoms with Gasteiger partial charge in [-0.15, -0.1) is 0 Å². The van der Waals surface area contributed by atoms with Crippen LogP contribution in [0.1, 0.15) is 12.0 Å². The molecule has 1 heterocycles. The topological polar surface area (TPSA) is 43.7 Å². The number of β-amino-alcohol motifs (C(OH)–C–C–N with tert-alkyl or cyclic N) is 2. The number of hydrogen-bond donors (Lipinski definition) is 2. The van der Waals surface area contributed by atoms with Crippen LogP contribution in [0.3, 0.4) is 0 Å². The second-order valence-corrected chi connectivity index (χ2v) is 6.01. The number of alkyl halides is 3. The maximum absolute atomic E-state index is 12.3. The van der Waals surface area contributed by atoms with Gasteiger partial charge in [0, 0.05) is 31.1 Å². The molecule has 1 aliphatic rings. The molecule has 2 rings (SSSR count). The first-order valence-electron chi connectivity index (χ1n) is 6.62. The van der Waals surface area contributed by atoms with Crippen LogP contribution in [0.25, 0.3) is 0 Å². The van der Waals surface area contributed by atoms with E-state index in [-0.39, 0.29) is 6.54 Å². The van der Waals surface area contributed by atoms with Crippen LogP contribution in [-0.4, -0.2) is 52.6 Å². The Kier molecular flexibility index (Phi) is 4.82. The Hall–Kier alpha value is -0.820. The summed E-state index contributed by atoms with van der Waals surface area (Å²) in [5.74, 6) is 0. The molecule has 1 aromatic carbocycles. The summed E-state index contributed by atoms with van der Waals surface area (Å²) in [5.41, 5.74) is -0.251. The number of benzene rings is 1. The molecule has 21 heavy (non-hydrogen) atoms. The molecule has 1 fully saturated rings. The first-order chi connectivity index (χ1) is 9.68. The van der Waals surface area contributed by atoms with Gasteiger partial charge in [-0.25, -0.2) is 0 Å². The highest BCUT2D eigenvalue weighted by atomic mass is 35.5. The molecule has 7 heteroatoms. The number of hydrogen-bond acceptors (Lipinski definition) is 3. The van der Waals surface area contributed by atoms with Gasteiger partial charge in [0.1, 0.15) is 0 Å². The Morgan fingerprint density at radius 3 is 2.71 bits per heavy atom. The Labute approximate surface area is 125 Å². The highest BCUT2D eigenvalue weighted by molar-refractivity contribution is 6.30. The summed E-state index contributed by atoms with van der Waals surface area (Å²) in [7, 11) is 0. The monoisotopic (exact) mass is 323 g/mol. The lowest BCUT2D eigenvalue weighted by atomic mass is 9.94. The summed E-state index contributed by atoms with van der Waals surface area (Å²) < 4.78 is 37.0. The van der Waals surface area contributed by atoms with Crippen molar-refractivity contribution in [1.29, 1.82) is 0 Å². The van der Waals surface area contributed by atoms with Crippen LogP contribution in [0.2, 0.25) is 5.02 Å². The summed E-state index contributed by atoms with van der Waals surface area (Å²) in [6.45, 7) is -0.0851. The number of likely N-dealkylation sites (tertiary alicyclic amines) is 1. The van der Waals surface area contributed by atoms with Gasteiger partial charge in [-0.3, -0.25) is 4.90 Å². The maximum atomic E-state index is 12.3. The summed E-state index contributed by atoms with van der Waals surface area (Å²) in [6.07, 6.45) is -6.32. The highest BCUT2D eigenvalue weighted by Crippen LogP contribution is 2.28. The predicted octanol–water partition coefficient (Wildman–Crippen LogP) is 2.24. The van der Waals surface area contributed by atoms with Crippen molar-refractivity contribution in [2.45, 2.75) is 30.7 Å². The molecular weight excluding hydrogens is 307 g/mol. The van der Waals surface area contributed by atoms with Gasteiger partial charge in [0.05, 0.1) is 5.60 Å². The Morgan fingerprint density at radius 2 is 2.10 bits per heavy atom. The fraction of sp³-hybridized carbons (Fsp3) is 0.571. The van der Waals surface area contributed by atoms with Crippen LogP contribution in [0, 0.1) is 0 Å². The third-order valence-corrected chi connectivity index (χ3v) is 3.88. The van der Waals surface area contributed by atoms with Crippen LogP contribution in [0.4, 0.5) is 13.2 Å². The van der Waals surface area contributed by atoms with Crippen molar-refractivity contribution < 1.29 is 23.4 Å². The van der Waals surface area contributed by atoms with Crippen molar-refractivity contribution in [2.24, 2.45) is 0 Å². The average Bonchev–Trinajstić information content (AvgIpc) is 2.69. The quantitative estimate of drug-likeness (QED) is 0.893. The molecule has 1 aliphatic heterocycles. The van der Waals surface area contributed by atoms with Gasteiger partial charge in [-0.05, 0) is 24.1 Å². The van der Waals surface area contributed by atoms with Crippen LogP contribution >= 0.6 is 11.6 Å². The highest BCUT2D eigenvalue weighted by Gasteiger charge is 2.43.